The van der Waals surface area contributed by atoms with E-state index in [0.29, 0.717) is 24.9 Å². The summed E-state index contributed by atoms with van der Waals surface area (Å²) in [7, 11) is 0. The topological polar surface area (TPSA) is 100 Å². The standard InChI is InChI=1S/C26H37N5O2/c1-2-7-22(30-20-8-4-3-5-9-20)26(33)31-15-6-10-23(31)25(32)29-17-18-11-12-21-19(16-18)13-14-28-24(21)27/h11-14,16,20,22-23,30H,2-10,15,17H2,1H3,(H2,27,28)(H,29,32)/t22-,23+/m1/s1. The molecule has 1 saturated heterocycles. The first-order valence-electron chi connectivity index (χ1n) is 12.5. The minimum Gasteiger partial charge on any atom is -0.383 e. The smallest absolute Gasteiger partial charge is 0.243 e. The predicted molar refractivity (Wildman–Crippen MR) is 131 cm³/mol. The summed E-state index contributed by atoms with van der Waals surface area (Å²) in [6.07, 6.45) is 11.1. The highest BCUT2D eigenvalue weighted by Crippen LogP contribution is 2.23. The highest BCUT2D eigenvalue weighted by atomic mass is 16.2. The number of aromatic nitrogens is 1. The third kappa shape index (κ3) is 5.64. The van der Waals surface area contributed by atoms with E-state index >= 15 is 0 Å². The van der Waals surface area contributed by atoms with Crippen LogP contribution in [0, 0.1) is 0 Å². The van der Waals surface area contributed by atoms with Crippen LogP contribution in [0.4, 0.5) is 5.82 Å². The number of hydrogen-bond donors (Lipinski definition) is 3. The molecule has 7 heteroatoms. The van der Waals surface area contributed by atoms with Gasteiger partial charge < -0.3 is 21.3 Å². The molecule has 7 nitrogen and oxygen atoms in total. The van der Waals surface area contributed by atoms with Crippen LogP contribution in [0.15, 0.2) is 30.5 Å². The molecular formula is C26H37N5O2. The molecule has 0 radical (unpaired) electrons. The fourth-order valence-corrected chi connectivity index (χ4v) is 5.29. The summed E-state index contributed by atoms with van der Waals surface area (Å²) < 4.78 is 0. The van der Waals surface area contributed by atoms with Crippen LogP contribution in [0.3, 0.4) is 0 Å². The van der Waals surface area contributed by atoms with Gasteiger partial charge in [-0.3, -0.25) is 9.59 Å². The maximum absolute atomic E-state index is 13.4. The Bertz CT molecular complexity index is 972. The second-order valence-electron chi connectivity index (χ2n) is 9.50. The second-order valence-corrected chi connectivity index (χ2v) is 9.50. The van der Waals surface area contributed by atoms with Crippen molar-refractivity contribution in [2.24, 2.45) is 0 Å². The molecule has 2 aliphatic rings. The van der Waals surface area contributed by atoms with E-state index in [9.17, 15) is 9.59 Å². The SMILES string of the molecule is CCC[C@@H](NC1CCCCC1)C(=O)N1CCC[C@H]1C(=O)NCc1ccc2c(N)nccc2c1. The van der Waals surface area contributed by atoms with Crippen molar-refractivity contribution in [3.63, 3.8) is 0 Å². The number of carbonyl (C=O) groups excluding carboxylic acids is 2. The summed E-state index contributed by atoms with van der Waals surface area (Å²) in [6.45, 7) is 3.20. The Morgan fingerprint density at radius 3 is 2.76 bits per heavy atom. The Balaban J connectivity index is 1.38. The maximum atomic E-state index is 13.4. The number of fused-ring (bicyclic) bond motifs is 1. The molecule has 1 aromatic carbocycles. The number of nitrogens with two attached hydrogens (primary N) is 1. The zero-order chi connectivity index (χ0) is 23.2. The zero-order valence-corrected chi connectivity index (χ0v) is 19.7. The number of carbonyl (C=O) groups is 2. The minimum atomic E-state index is -0.384. The van der Waals surface area contributed by atoms with Crippen LogP contribution in [0.1, 0.15) is 70.3 Å². The Morgan fingerprint density at radius 2 is 1.97 bits per heavy atom. The molecule has 1 saturated carbocycles. The van der Waals surface area contributed by atoms with Gasteiger partial charge in [-0.15, -0.1) is 0 Å². The van der Waals surface area contributed by atoms with Gasteiger partial charge >= 0.3 is 0 Å². The molecule has 4 N–H and O–H groups in total. The van der Waals surface area contributed by atoms with Crippen LogP contribution in [0.25, 0.3) is 10.8 Å². The fourth-order valence-electron chi connectivity index (χ4n) is 5.29. The van der Waals surface area contributed by atoms with E-state index in [1.165, 1.54) is 19.3 Å². The first-order chi connectivity index (χ1) is 16.1. The average Bonchev–Trinajstić information content (AvgIpc) is 3.33. The largest absolute Gasteiger partial charge is 0.383 e. The van der Waals surface area contributed by atoms with Gasteiger partial charge in [0, 0.05) is 30.7 Å². The van der Waals surface area contributed by atoms with Crippen molar-refractivity contribution in [1.82, 2.24) is 20.5 Å². The fraction of sp³-hybridized carbons (Fsp3) is 0.577. The van der Waals surface area contributed by atoms with Gasteiger partial charge in [0.05, 0.1) is 6.04 Å². The number of nitrogens with one attached hydrogen (secondary N) is 2. The van der Waals surface area contributed by atoms with E-state index in [1.54, 1.807) is 6.20 Å². The normalized spacial score (nSPS) is 20.2. The molecule has 0 unspecified atom stereocenters. The van der Waals surface area contributed by atoms with Gasteiger partial charge in [0.1, 0.15) is 11.9 Å². The van der Waals surface area contributed by atoms with E-state index in [0.717, 1.165) is 54.9 Å². The number of likely N-dealkylation sites (tertiary alicyclic amines) is 1. The van der Waals surface area contributed by atoms with Crippen molar-refractivity contribution in [3.8, 4) is 0 Å². The van der Waals surface area contributed by atoms with Crippen LogP contribution < -0.4 is 16.4 Å². The van der Waals surface area contributed by atoms with Gasteiger partial charge in [0.2, 0.25) is 11.8 Å². The quantitative estimate of drug-likeness (QED) is 0.570. The molecule has 0 bridgehead atoms. The molecule has 1 aromatic heterocycles. The molecule has 1 aliphatic heterocycles. The van der Waals surface area contributed by atoms with Crippen molar-refractivity contribution in [1.29, 1.82) is 0 Å². The molecule has 2 amide bonds. The number of anilines is 1. The van der Waals surface area contributed by atoms with Crippen LogP contribution in [-0.2, 0) is 16.1 Å². The highest BCUT2D eigenvalue weighted by Gasteiger charge is 2.37. The minimum absolute atomic E-state index is 0.0666. The number of benzene rings is 1. The first kappa shape index (κ1) is 23.5. The maximum Gasteiger partial charge on any atom is 0.243 e. The van der Waals surface area contributed by atoms with Crippen molar-refractivity contribution in [2.75, 3.05) is 12.3 Å². The third-order valence-corrected chi connectivity index (χ3v) is 7.08. The summed E-state index contributed by atoms with van der Waals surface area (Å²) in [5.41, 5.74) is 6.94. The summed E-state index contributed by atoms with van der Waals surface area (Å²) in [4.78, 5) is 32.4. The van der Waals surface area contributed by atoms with Gasteiger partial charge in [-0.1, -0.05) is 44.7 Å². The number of pyridine rings is 1. The predicted octanol–water partition coefficient (Wildman–Crippen LogP) is 3.52. The lowest BCUT2D eigenvalue weighted by molar-refractivity contribution is -0.140. The van der Waals surface area contributed by atoms with Gasteiger partial charge in [0.25, 0.3) is 0 Å². The number of rotatable bonds is 8. The first-order valence-corrected chi connectivity index (χ1v) is 12.5. The molecule has 178 valence electrons. The lowest BCUT2D eigenvalue weighted by atomic mass is 9.94. The number of amides is 2. The van der Waals surface area contributed by atoms with Gasteiger partial charge in [-0.2, -0.15) is 0 Å². The lowest BCUT2D eigenvalue weighted by Crippen LogP contribution is -2.54. The van der Waals surface area contributed by atoms with Gasteiger partial charge in [-0.05, 0) is 55.2 Å². The van der Waals surface area contributed by atoms with E-state index in [-0.39, 0.29) is 23.9 Å². The van der Waals surface area contributed by atoms with Gasteiger partial charge in [0.15, 0.2) is 0 Å². The Hall–Kier alpha value is -2.67. The van der Waals surface area contributed by atoms with Crippen LogP contribution >= 0.6 is 0 Å². The van der Waals surface area contributed by atoms with Crippen LogP contribution in [-0.4, -0.2) is 46.4 Å². The summed E-state index contributed by atoms with van der Waals surface area (Å²) in [6, 6.07) is 7.70. The van der Waals surface area contributed by atoms with Crippen LogP contribution in [0.2, 0.25) is 0 Å². The molecule has 0 spiro atoms. The van der Waals surface area contributed by atoms with Crippen LogP contribution in [0.5, 0.6) is 0 Å². The molecule has 2 aromatic rings. The number of nitrogens with zero attached hydrogens (tertiary/aromatic N) is 2. The molecule has 2 heterocycles. The number of hydrogen-bond acceptors (Lipinski definition) is 5. The average molecular weight is 452 g/mol. The highest BCUT2D eigenvalue weighted by molar-refractivity contribution is 5.92. The van der Waals surface area contributed by atoms with E-state index < -0.39 is 0 Å². The Morgan fingerprint density at radius 1 is 1.15 bits per heavy atom. The zero-order valence-electron chi connectivity index (χ0n) is 19.7. The van der Waals surface area contributed by atoms with Gasteiger partial charge in [-0.25, -0.2) is 4.98 Å². The summed E-state index contributed by atoms with van der Waals surface area (Å²) in [5, 5.41) is 8.60. The van der Waals surface area contributed by atoms with E-state index in [4.69, 9.17) is 5.73 Å². The molecule has 4 rings (SSSR count). The summed E-state index contributed by atoms with van der Waals surface area (Å²) >= 11 is 0. The van der Waals surface area contributed by atoms with Crippen molar-refractivity contribution in [3.05, 3.63) is 36.0 Å². The molecule has 33 heavy (non-hydrogen) atoms. The second kappa shape index (κ2) is 11.0. The van der Waals surface area contributed by atoms with E-state index in [2.05, 4.69) is 22.5 Å². The monoisotopic (exact) mass is 451 g/mol. The Labute approximate surface area is 196 Å². The molecule has 1 aliphatic carbocycles. The molecule has 2 fully saturated rings. The Kier molecular flexibility index (Phi) is 7.81. The van der Waals surface area contributed by atoms with E-state index in [1.807, 2.05) is 29.2 Å². The van der Waals surface area contributed by atoms with Crippen molar-refractivity contribution >= 4 is 28.4 Å². The molecule has 2 atom stereocenters. The van der Waals surface area contributed by atoms with Crippen molar-refractivity contribution in [2.45, 2.75) is 89.4 Å². The van der Waals surface area contributed by atoms with Crippen molar-refractivity contribution < 1.29 is 9.59 Å². The lowest BCUT2D eigenvalue weighted by Gasteiger charge is -2.32. The molecular weight excluding hydrogens is 414 g/mol. The third-order valence-electron chi connectivity index (χ3n) is 7.08. The summed E-state index contributed by atoms with van der Waals surface area (Å²) in [5.74, 6) is 0.531. The number of nitrogen functional groups attached to an aromatic ring is 1.